The minimum atomic E-state index is -0.283. The zero-order chi connectivity index (χ0) is 11.8. The highest BCUT2D eigenvalue weighted by Crippen LogP contribution is 2.33. The maximum atomic E-state index is 11.4. The summed E-state index contributed by atoms with van der Waals surface area (Å²) >= 11 is 0. The highest BCUT2D eigenvalue weighted by atomic mass is 16.2. The number of aromatic nitrogens is 4. The normalized spacial score (nSPS) is 17.5. The molecule has 3 rings (SSSR count). The molecule has 90 valence electrons. The van der Waals surface area contributed by atoms with Crippen molar-refractivity contribution >= 4 is 5.65 Å². The fraction of sp³-hybridized carbons (Fsp3) is 0.545. The number of likely N-dealkylation sites (N-methyl/N-ethyl adjacent to an activating group) is 1. The smallest absolute Gasteiger partial charge is 0.316 e. The van der Waals surface area contributed by atoms with Gasteiger partial charge in [0.15, 0.2) is 5.65 Å². The number of hydrogen-bond donors (Lipinski definition) is 2. The number of H-pyrrole nitrogens is 1. The number of hydrogen-bond acceptors (Lipinski definition) is 4. The van der Waals surface area contributed by atoms with Gasteiger partial charge in [0.2, 0.25) is 0 Å². The maximum Gasteiger partial charge on any atom is 0.364 e. The van der Waals surface area contributed by atoms with Gasteiger partial charge in [-0.1, -0.05) is 0 Å². The van der Waals surface area contributed by atoms with E-state index in [-0.39, 0.29) is 5.69 Å². The summed E-state index contributed by atoms with van der Waals surface area (Å²) in [4.78, 5) is 11.4. The molecule has 6 nitrogen and oxygen atoms in total. The van der Waals surface area contributed by atoms with E-state index in [0.717, 1.165) is 18.0 Å². The second-order valence-corrected chi connectivity index (χ2v) is 4.56. The Balaban J connectivity index is 1.89. The summed E-state index contributed by atoms with van der Waals surface area (Å²) in [7, 11) is 1.98. The van der Waals surface area contributed by atoms with Crippen molar-refractivity contribution in [3.63, 3.8) is 0 Å². The van der Waals surface area contributed by atoms with Crippen LogP contribution in [-0.2, 0) is 6.42 Å². The molecule has 0 saturated heterocycles. The number of rotatable bonds is 4. The van der Waals surface area contributed by atoms with E-state index in [1.807, 2.05) is 19.2 Å². The van der Waals surface area contributed by atoms with Crippen LogP contribution in [-0.4, -0.2) is 32.9 Å². The Bertz CT molecular complexity index is 583. The first-order valence-corrected chi connectivity index (χ1v) is 5.88. The molecule has 1 aliphatic rings. The summed E-state index contributed by atoms with van der Waals surface area (Å²) in [5.41, 5.74) is 1.20. The largest absolute Gasteiger partial charge is 0.364 e. The van der Waals surface area contributed by atoms with Crippen LogP contribution in [0.1, 0.15) is 18.5 Å². The Hall–Kier alpha value is -1.69. The third kappa shape index (κ3) is 1.95. The summed E-state index contributed by atoms with van der Waals surface area (Å²) in [6.45, 7) is 0. The number of aromatic amines is 1. The van der Waals surface area contributed by atoms with Gasteiger partial charge in [0, 0.05) is 12.5 Å². The molecule has 0 bridgehead atoms. The van der Waals surface area contributed by atoms with Crippen molar-refractivity contribution in [2.45, 2.75) is 25.3 Å². The van der Waals surface area contributed by atoms with Crippen molar-refractivity contribution in [1.29, 1.82) is 0 Å². The summed E-state index contributed by atoms with van der Waals surface area (Å²) in [6.07, 6.45) is 3.44. The fourth-order valence-corrected chi connectivity index (χ4v) is 2.18. The molecular formula is C11H15N5O. The Morgan fingerprint density at radius 1 is 1.59 bits per heavy atom. The Morgan fingerprint density at radius 3 is 3.12 bits per heavy atom. The van der Waals surface area contributed by atoms with Crippen LogP contribution in [0.4, 0.5) is 0 Å². The van der Waals surface area contributed by atoms with E-state index in [1.54, 1.807) is 0 Å². The number of nitrogens with one attached hydrogen (secondary N) is 2. The molecule has 0 amide bonds. The highest BCUT2D eigenvalue weighted by Gasteiger charge is 2.30. The van der Waals surface area contributed by atoms with E-state index >= 15 is 0 Å². The highest BCUT2D eigenvalue weighted by molar-refractivity contribution is 5.34. The van der Waals surface area contributed by atoms with E-state index in [1.165, 1.54) is 17.4 Å². The molecule has 0 aliphatic heterocycles. The molecule has 2 aromatic rings. The predicted molar refractivity (Wildman–Crippen MR) is 62.9 cm³/mol. The van der Waals surface area contributed by atoms with Gasteiger partial charge in [0.1, 0.15) is 0 Å². The second kappa shape index (κ2) is 3.96. The van der Waals surface area contributed by atoms with Gasteiger partial charge < -0.3 is 5.32 Å². The van der Waals surface area contributed by atoms with Gasteiger partial charge in [0.25, 0.3) is 0 Å². The van der Waals surface area contributed by atoms with Gasteiger partial charge in [-0.3, -0.25) is 0 Å². The van der Waals surface area contributed by atoms with E-state index in [9.17, 15) is 4.79 Å². The van der Waals surface area contributed by atoms with Crippen molar-refractivity contribution in [1.82, 2.24) is 25.1 Å². The predicted octanol–water partition coefficient (Wildman–Crippen LogP) is -0.0419. The van der Waals surface area contributed by atoms with Crippen molar-refractivity contribution < 1.29 is 0 Å². The van der Waals surface area contributed by atoms with E-state index in [2.05, 4.69) is 20.6 Å². The van der Waals surface area contributed by atoms with Crippen molar-refractivity contribution in [3.05, 3.63) is 28.3 Å². The molecule has 1 saturated carbocycles. The number of nitrogens with zero attached hydrogens (tertiary/aromatic N) is 3. The molecule has 2 heterocycles. The molecule has 6 heteroatoms. The maximum absolute atomic E-state index is 11.4. The van der Waals surface area contributed by atoms with Gasteiger partial charge in [-0.15, -0.1) is 0 Å². The quantitative estimate of drug-likeness (QED) is 0.777. The average molecular weight is 233 g/mol. The molecular weight excluding hydrogens is 218 g/mol. The minimum Gasteiger partial charge on any atom is -0.316 e. The first kappa shape index (κ1) is 10.5. The monoisotopic (exact) mass is 233 g/mol. The van der Waals surface area contributed by atoms with Crippen molar-refractivity contribution in [2.75, 3.05) is 7.05 Å². The first-order valence-electron chi connectivity index (χ1n) is 5.88. The summed E-state index contributed by atoms with van der Waals surface area (Å²) in [5, 5.41) is 13.9. The zero-order valence-corrected chi connectivity index (χ0v) is 9.68. The number of fused-ring (bicyclic) bond motifs is 1. The Labute approximate surface area is 98.0 Å². The molecule has 2 N–H and O–H groups in total. The molecule has 0 spiro atoms. The lowest BCUT2D eigenvalue weighted by Gasteiger charge is -2.14. The van der Waals surface area contributed by atoms with Crippen molar-refractivity contribution in [3.8, 4) is 0 Å². The molecule has 0 aromatic carbocycles. The van der Waals surface area contributed by atoms with Gasteiger partial charge in [-0.25, -0.2) is 9.89 Å². The molecule has 1 fully saturated rings. The molecule has 2 aromatic heterocycles. The third-order valence-electron chi connectivity index (χ3n) is 3.32. The molecule has 1 atom stereocenters. The first-order chi connectivity index (χ1) is 8.28. The van der Waals surface area contributed by atoms with E-state index < -0.39 is 0 Å². The Morgan fingerprint density at radius 2 is 2.41 bits per heavy atom. The van der Waals surface area contributed by atoms with Gasteiger partial charge in [-0.05, 0) is 37.9 Å². The topological polar surface area (TPSA) is 75.1 Å². The lowest BCUT2D eigenvalue weighted by Crippen LogP contribution is -2.30. The van der Waals surface area contributed by atoms with Crippen LogP contribution >= 0.6 is 0 Å². The van der Waals surface area contributed by atoms with Crippen LogP contribution in [0.15, 0.2) is 16.9 Å². The third-order valence-corrected chi connectivity index (χ3v) is 3.32. The van der Waals surface area contributed by atoms with Crippen LogP contribution in [0.5, 0.6) is 0 Å². The minimum absolute atomic E-state index is 0.283. The van der Waals surface area contributed by atoms with Crippen LogP contribution in [0.3, 0.4) is 0 Å². The standard InChI is InChI=1S/C11H15N5O/c1-12-9(7-2-3-7)6-8-4-5-10-13-14-11(17)16(10)15-8/h4-5,7,9,12H,2-3,6H2,1H3,(H,14,17). The average Bonchev–Trinajstić information content (AvgIpc) is 3.12. The molecule has 1 aliphatic carbocycles. The van der Waals surface area contributed by atoms with Gasteiger partial charge >= 0.3 is 5.69 Å². The second-order valence-electron chi connectivity index (χ2n) is 4.56. The molecule has 0 radical (unpaired) electrons. The lowest BCUT2D eigenvalue weighted by molar-refractivity contribution is 0.492. The summed E-state index contributed by atoms with van der Waals surface area (Å²) < 4.78 is 1.31. The SMILES string of the molecule is CNC(Cc1ccc2n[nH]c(=O)n2n1)C1CC1. The van der Waals surface area contributed by atoms with Crippen LogP contribution in [0, 0.1) is 5.92 Å². The van der Waals surface area contributed by atoms with Gasteiger partial charge in [0.05, 0.1) is 5.69 Å². The molecule has 17 heavy (non-hydrogen) atoms. The fourth-order valence-electron chi connectivity index (χ4n) is 2.18. The van der Waals surface area contributed by atoms with Crippen LogP contribution < -0.4 is 11.0 Å². The summed E-state index contributed by atoms with van der Waals surface area (Å²) in [5.74, 6) is 0.763. The molecule has 1 unspecified atom stereocenters. The van der Waals surface area contributed by atoms with E-state index in [0.29, 0.717) is 11.7 Å². The lowest BCUT2D eigenvalue weighted by atomic mass is 10.1. The van der Waals surface area contributed by atoms with Crippen LogP contribution in [0.25, 0.3) is 5.65 Å². The van der Waals surface area contributed by atoms with Crippen LogP contribution in [0.2, 0.25) is 0 Å². The Kier molecular flexibility index (Phi) is 2.44. The zero-order valence-electron chi connectivity index (χ0n) is 9.68. The van der Waals surface area contributed by atoms with Gasteiger partial charge in [-0.2, -0.15) is 14.7 Å². The summed E-state index contributed by atoms with van der Waals surface area (Å²) in [6, 6.07) is 4.21. The van der Waals surface area contributed by atoms with Crippen molar-refractivity contribution in [2.24, 2.45) is 5.92 Å². The van der Waals surface area contributed by atoms with E-state index in [4.69, 9.17) is 0 Å².